The minimum absolute atomic E-state index is 0.0356. The summed E-state index contributed by atoms with van der Waals surface area (Å²) in [6.45, 7) is 5.27. The Hall–Kier alpha value is -2.86. The highest BCUT2D eigenvalue weighted by Gasteiger charge is 2.44. The number of para-hydroxylation sites is 1. The van der Waals surface area contributed by atoms with Crippen LogP contribution in [-0.2, 0) is 14.4 Å². The molecule has 6 heteroatoms. The van der Waals surface area contributed by atoms with E-state index in [1.807, 2.05) is 42.5 Å². The highest BCUT2D eigenvalue weighted by atomic mass is 16.6. The van der Waals surface area contributed by atoms with E-state index in [0.29, 0.717) is 38.9 Å². The van der Waals surface area contributed by atoms with Crippen molar-refractivity contribution in [3.63, 3.8) is 0 Å². The second kappa shape index (κ2) is 9.10. The summed E-state index contributed by atoms with van der Waals surface area (Å²) in [5.41, 5.74) is 4.46. The number of hydrogen-bond donors (Lipinski definition) is 1. The number of rotatable bonds is 6. The third-order valence-electron chi connectivity index (χ3n) is 6.47. The van der Waals surface area contributed by atoms with Crippen LogP contribution in [0.3, 0.4) is 0 Å². The average Bonchev–Trinajstić information content (AvgIpc) is 3.25. The Balaban J connectivity index is 1.48. The molecule has 0 aliphatic carbocycles. The molecule has 2 aliphatic rings. The van der Waals surface area contributed by atoms with E-state index in [4.69, 9.17) is 14.3 Å². The Bertz CT molecular complexity index is 979. The first-order valence-corrected chi connectivity index (χ1v) is 10.8. The summed E-state index contributed by atoms with van der Waals surface area (Å²) in [6.07, 6.45) is 2.46. The Morgan fingerprint density at radius 3 is 2.68 bits per heavy atom. The number of nitrogens with one attached hydrogen (secondary N) is 1. The van der Waals surface area contributed by atoms with E-state index in [0.717, 1.165) is 28.3 Å². The standard InChI is InChI=1S/C25H30N2O4/c1-17-8-9-19(14-18(17)2)26-24(28)25(10-12-30-13-11-25)16-20-15-22(27-31-20)21-6-4-5-7-23(21)29-3/h4-9,14,20H,10-13,15-16H2,1-3H3,(H,26,28). The maximum atomic E-state index is 13.4. The molecule has 1 amide bonds. The van der Waals surface area contributed by atoms with Crippen LogP contribution < -0.4 is 10.1 Å². The first-order chi connectivity index (χ1) is 15.0. The SMILES string of the molecule is COc1ccccc1C1=NOC(CC2(C(=O)Nc3ccc(C)c(C)c3)CCOCC2)C1. The van der Waals surface area contributed by atoms with Gasteiger partial charge in [0.1, 0.15) is 11.9 Å². The van der Waals surface area contributed by atoms with E-state index in [1.165, 1.54) is 5.56 Å². The van der Waals surface area contributed by atoms with Crippen molar-refractivity contribution in [2.24, 2.45) is 10.6 Å². The van der Waals surface area contributed by atoms with Gasteiger partial charge in [-0.25, -0.2) is 0 Å². The molecule has 2 aromatic rings. The van der Waals surface area contributed by atoms with Crippen molar-refractivity contribution in [2.75, 3.05) is 25.6 Å². The van der Waals surface area contributed by atoms with Gasteiger partial charge in [0.25, 0.3) is 0 Å². The van der Waals surface area contributed by atoms with Crippen LogP contribution >= 0.6 is 0 Å². The van der Waals surface area contributed by atoms with Crippen LogP contribution in [-0.4, -0.2) is 38.0 Å². The lowest BCUT2D eigenvalue weighted by atomic mass is 9.74. The fourth-order valence-electron chi connectivity index (χ4n) is 4.38. The third-order valence-corrected chi connectivity index (χ3v) is 6.47. The molecular formula is C25H30N2O4. The summed E-state index contributed by atoms with van der Waals surface area (Å²) >= 11 is 0. The van der Waals surface area contributed by atoms with Gasteiger partial charge in [-0.1, -0.05) is 23.4 Å². The molecule has 2 aromatic carbocycles. The van der Waals surface area contributed by atoms with Crippen LogP contribution in [0, 0.1) is 19.3 Å². The molecule has 2 heterocycles. The molecule has 2 aliphatic heterocycles. The molecule has 0 radical (unpaired) electrons. The van der Waals surface area contributed by atoms with Crippen molar-refractivity contribution >= 4 is 17.3 Å². The summed E-state index contributed by atoms with van der Waals surface area (Å²) in [4.78, 5) is 19.2. The van der Waals surface area contributed by atoms with Crippen LogP contribution in [0.25, 0.3) is 0 Å². The minimum Gasteiger partial charge on any atom is -0.496 e. The normalized spacial score (nSPS) is 20.0. The van der Waals surface area contributed by atoms with Crippen molar-refractivity contribution in [1.29, 1.82) is 0 Å². The molecule has 31 heavy (non-hydrogen) atoms. The predicted octanol–water partition coefficient (Wildman–Crippen LogP) is 4.63. The van der Waals surface area contributed by atoms with Crippen LogP contribution in [0.15, 0.2) is 47.6 Å². The highest BCUT2D eigenvalue weighted by molar-refractivity contribution is 6.03. The molecule has 1 N–H and O–H groups in total. The number of oxime groups is 1. The van der Waals surface area contributed by atoms with Gasteiger partial charge in [0.05, 0.1) is 18.2 Å². The predicted molar refractivity (Wildman–Crippen MR) is 121 cm³/mol. The Morgan fingerprint density at radius 2 is 1.94 bits per heavy atom. The van der Waals surface area contributed by atoms with E-state index in [9.17, 15) is 4.79 Å². The molecule has 0 spiro atoms. The maximum Gasteiger partial charge on any atom is 0.230 e. The van der Waals surface area contributed by atoms with E-state index >= 15 is 0 Å². The largest absolute Gasteiger partial charge is 0.496 e. The smallest absolute Gasteiger partial charge is 0.230 e. The van der Waals surface area contributed by atoms with Gasteiger partial charge in [0.2, 0.25) is 5.91 Å². The van der Waals surface area contributed by atoms with Crippen LogP contribution in [0.4, 0.5) is 5.69 Å². The number of carbonyl (C=O) groups excluding carboxylic acids is 1. The number of anilines is 1. The zero-order valence-electron chi connectivity index (χ0n) is 18.4. The third kappa shape index (κ3) is 4.59. The minimum atomic E-state index is -0.534. The maximum absolute atomic E-state index is 13.4. The number of amides is 1. The summed E-state index contributed by atoms with van der Waals surface area (Å²) in [6, 6.07) is 13.8. The zero-order chi connectivity index (χ0) is 21.8. The molecule has 1 atom stereocenters. The number of aryl methyl sites for hydroxylation is 2. The van der Waals surface area contributed by atoms with Gasteiger partial charge in [0.15, 0.2) is 0 Å². The van der Waals surface area contributed by atoms with Gasteiger partial charge < -0.3 is 19.6 Å². The van der Waals surface area contributed by atoms with Gasteiger partial charge >= 0.3 is 0 Å². The second-order valence-electron chi connectivity index (χ2n) is 8.52. The molecule has 164 valence electrons. The van der Waals surface area contributed by atoms with Gasteiger partial charge in [-0.15, -0.1) is 0 Å². The molecule has 6 nitrogen and oxygen atoms in total. The molecular weight excluding hydrogens is 392 g/mol. The van der Waals surface area contributed by atoms with Crippen molar-refractivity contribution in [1.82, 2.24) is 0 Å². The lowest BCUT2D eigenvalue weighted by molar-refractivity contribution is -0.134. The average molecular weight is 423 g/mol. The monoisotopic (exact) mass is 422 g/mol. The van der Waals surface area contributed by atoms with Gasteiger partial charge in [-0.2, -0.15) is 0 Å². The number of nitrogens with zero attached hydrogens (tertiary/aromatic N) is 1. The number of methoxy groups -OCH3 is 1. The van der Waals surface area contributed by atoms with E-state index in [2.05, 4.69) is 24.3 Å². The number of carbonyl (C=O) groups is 1. The molecule has 1 saturated heterocycles. The topological polar surface area (TPSA) is 69.2 Å². The van der Waals surface area contributed by atoms with Crippen LogP contribution in [0.1, 0.15) is 42.4 Å². The first-order valence-electron chi connectivity index (χ1n) is 10.8. The molecule has 0 saturated carbocycles. The molecule has 4 rings (SSSR count). The van der Waals surface area contributed by atoms with Crippen molar-refractivity contribution < 1.29 is 19.1 Å². The number of hydrogen-bond acceptors (Lipinski definition) is 5. The van der Waals surface area contributed by atoms with Gasteiger partial charge in [-0.05, 0) is 62.1 Å². The van der Waals surface area contributed by atoms with Crippen molar-refractivity contribution in [3.8, 4) is 5.75 Å². The summed E-state index contributed by atoms with van der Waals surface area (Å²) in [5, 5.41) is 7.48. The summed E-state index contributed by atoms with van der Waals surface area (Å²) in [7, 11) is 1.65. The Morgan fingerprint density at radius 1 is 1.16 bits per heavy atom. The molecule has 1 fully saturated rings. The van der Waals surface area contributed by atoms with E-state index in [-0.39, 0.29) is 12.0 Å². The summed E-state index contributed by atoms with van der Waals surface area (Å²) in [5.74, 6) is 0.812. The fraction of sp³-hybridized carbons (Fsp3) is 0.440. The van der Waals surface area contributed by atoms with E-state index in [1.54, 1.807) is 7.11 Å². The highest BCUT2D eigenvalue weighted by Crippen LogP contribution is 2.40. The van der Waals surface area contributed by atoms with Crippen LogP contribution in [0.2, 0.25) is 0 Å². The van der Waals surface area contributed by atoms with Gasteiger partial charge in [-0.3, -0.25) is 4.79 Å². The lowest BCUT2D eigenvalue weighted by Crippen LogP contribution is -2.43. The lowest BCUT2D eigenvalue weighted by Gasteiger charge is -2.37. The number of ether oxygens (including phenoxy) is 2. The quantitative estimate of drug-likeness (QED) is 0.737. The molecule has 0 aromatic heterocycles. The Labute approximate surface area is 183 Å². The second-order valence-corrected chi connectivity index (χ2v) is 8.52. The van der Waals surface area contributed by atoms with Crippen LogP contribution in [0.5, 0.6) is 5.75 Å². The van der Waals surface area contributed by atoms with Crippen molar-refractivity contribution in [2.45, 2.75) is 45.6 Å². The molecule has 1 unspecified atom stereocenters. The van der Waals surface area contributed by atoms with E-state index < -0.39 is 5.41 Å². The first kappa shape index (κ1) is 21.4. The Kier molecular flexibility index (Phi) is 6.28. The zero-order valence-corrected chi connectivity index (χ0v) is 18.4. The fourth-order valence-corrected chi connectivity index (χ4v) is 4.38. The van der Waals surface area contributed by atoms with Gasteiger partial charge in [0, 0.05) is 37.3 Å². The van der Waals surface area contributed by atoms with Crippen molar-refractivity contribution in [3.05, 3.63) is 59.2 Å². The summed E-state index contributed by atoms with van der Waals surface area (Å²) < 4.78 is 11.0. The number of benzene rings is 2. The molecule has 0 bridgehead atoms.